The highest BCUT2D eigenvalue weighted by Gasteiger charge is 2.37. The Bertz CT molecular complexity index is 354. The first-order valence-corrected chi connectivity index (χ1v) is 5.07. The highest BCUT2D eigenvalue weighted by atomic mass is 19.4. The summed E-state index contributed by atoms with van der Waals surface area (Å²) < 4.78 is 73.5. The van der Waals surface area contributed by atoms with Crippen LogP contribution in [-0.4, -0.2) is 29.5 Å². The van der Waals surface area contributed by atoms with Gasteiger partial charge in [0.15, 0.2) is 0 Å². The zero-order valence-corrected chi connectivity index (χ0v) is 9.39. The highest BCUT2D eigenvalue weighted by molar-refractivity contribution is 5.29. The third-order valence-corrected chi connectivity index (χ3v) is 2.48. The van der Waals surface area contributed by atoms with Crippen LogP contribution in [0.5, 0.6) is 0 Å². The van der Waals surface area contributed by atoms with Crippen LogP contribution < -0.4 is 5.73 Å². The van der Waals surface area contributed by atoms with E-state index in [-0.39, 0.29) is 0 Å². The molecule has 1 aliphatic heterocycles. The van der Waals surface area contributed by atoms with Crippen molar-refractivity contribution in [1.29, 1.82) is 0 Å². The molecule has 0 bridgehead atoms. The maximum absolute atomic E-state index is 12.3. The lowest BCUT2D eigenvalue weighted by atomic mass is 10.1. The van der Waals surface area contributed by atoms with E-state index in [0.717, 1.165) is 17.2 Å². The second-order valence-electron chi connectivity index (χ2n) is 4.04. The van der Waals surface area contributed by atoms with Crippen molar-refractivity contribution in [3.8, 4) is 0 Å². The van der Waals surface area contributed by atoms with Gasteiger partial charge in [-0.05, 0) is 19.1 Å². The molecule has 0 radical (unpaired) electrons. The molecule has 0 saturated heterocycles. The minimum absolute atomic E-state index is 0.701. The van der Waals surface area contributed by atoms with E-state index >= 15 is 0 Å². The van der Waals surface area contributed by atoms with E-state index in [9.17, 15) is 26.3 Å². The molecule has 0 spiro atoms. The van der Waals surface area contributed by atoms with E-state index in [1.54, 1.807) is 0 Å². The van der Waals surface area contributed by atoms with Gasteiger partial charge < -0.3 is 10.6 Å². The fourth-order valence-corrected chi connectivity index (χ4v) is 1.66. The molecule has 2 nitrogen and oxygen atoms in total. The van der Waals surface area contributed by atoms with Crippen molar-refractivity contribution in [3.05, 3.63) is 23.9 Å². The lowest BCUT2D eigenvalue weighted by Crippen LogP contribution is -2.46. The molecule has 0 fully saturated rings. The molecule has 104 valence electrons. The number of rotatable bonds is 2. The van der Waals surface area contributed by atoms with Crippen LogP contribution in [0.25, 0.3) is 0 Å². The number of alkyl halides is 6. The smallest absolute Gasteiger partial charge is 0.356 e. The predicted octanol–water partition coefficient (Wildman–Crippen LogP) is 2.93. The molecule has 18 heavy (non-hydrogen) atoms. The van der Waals surface area contributed by atoms with E-state index in [2.05, 4.69) is 0 Å². The molecule has 2 N–H and O–H groups in total. The maximum atomic E-state index is 12.3. The molecule has 2 atom stereocenters. The van der Waals surface area contributed by atoms with Crippen LogP contribution in [0.2, 0.25) is 0 Å². The monoisotopic (exact) mass is 274 g/mol. The molecule has 0 aliphatic carbocycles. The Hall–Kier alpha value is -1.18. The summed E-state index contributed by atoms with van der Waals surface area (Å²) in [4.78, 5) is 1.04. The molecular weight excluding hydrogens is 262 g/mol. The highest BCUT2D eigenvalue weighted by Crippen LogP contribution is 2.31. The Kier molecular flexibility index (Phi) is 3.99. The van der Waals surface area contributed by atoms with E-state index in [4.69, 9.17) is 5.73 Å². The van der Waals surface area contributed by atoms with Gasteiger partial charge in [0.25, 0.3) is 0 Å². The van der Waals surface area contributed by atoms with Gasteiger partial charge in [0.1, 0.15) is 0 Å². The van der Waals surface area contributed by atoms with Crippen molar-refractivity contribution < 1.29 is 26.3 Å². The fraction of sp³-hybridized carbons (Fsp3) is 0.600. The van der Waals surface area contributed by atoms with E-state index in [1.807, 2.05) is 0 Å². The van der Waals surface area contributed by atoms with Crippen LogP contribution in [0.4, 0.5) is 26.3 Å². The first-order valence-electron chi connectivity index (χ1n) is 5.07. The average molecular weight is 274 g/mol. The number of halogens is 6. The number of hydrogen-bond acceptors (Lipinski definition) is 2. The summed E-state index contributed by atoms with van der Waals surface area (Å²) in [5.41, 5.74) is 4.46. The predicted molar refractivity (Wildman–Crippen MR) is 53.2 cm³/mol. The Balaban J connectivity index is 2.75. The molecular formula is C10H12F6N2. The normalized spacial score (nSPS) is 23.0. The first kappa shape index (κ1) is 14.9. The summed E-state index contributed by atoms with van der Waals surface area (Å²) in [6.07, 6.45) is -8.93. The van der Waals surface area contributed by atoms with Gasteiger partial charge in [-0.15, -0.1) is 0 Å². The summed E-state index contributed by atoms with van der Waals surface area (Å²) in [6, 6.07) is -1.03. The van der Waals surface area contributed by atoms with Crippen molar-refractivity contribution in [3.63, 3.8) is 0 Å². The summed E-state index contributed by atoms with van der Waals surface area (Å²) in [5, 5.41) is 0. The van der Waals surface area contributed by atoms with Gasteiger partial charge in [0.2, 0.25) is 0 Å². The Morgan fingerprint density at radius 2 is 1.83 bits per heavy atom. The minimum Gasteiger partial charge on any atom is -0.356 e. The van der Waals surface area contributed by atoms with Crippen molar-refractivity contribution in [2.45, 2.75) is 37.9 Å². The lowest BCUT2D eigenvalue weighted by molar-refractivity contribution is -0.145. The van der Waals surface area contributed by atoms with Crippen LogP contribution in [0.3, 0.4) is 0 Å². The number of hydrogen-bond donors (Lipinski definition) is 1. The number of nitrogens with two attached hydrogens (primary N) is 1. The SMILES string of the molecule is CC(CC(F)(F)F)N1C=CC(C(F)(F)F)=CC1N. The summed E-state index contributed by atoms with van der Waals surface area (Å²) >= 11 is 0. The molecule has 1 aliphatic rings. The zero-order chi connectivity index (χ0) is 14.1. The third kappa shape index (κ3) is 3.94. The van der Waals surface area contributed by atoms with Crippen molar-refractivity contribution in [2.75, 3.05) is 0 Å². The quantitative estimate of drug-likeness (QED) is 0.784. The minimum atomic E-state index is -4.55. The second kappa shape index (κ2) is 4.83. The molecule has 2 unspecified atom stereocenters. The van der Waals surface area contributed by atoms with E-state index in [1.165, 1.54) is 6.92 Å². The molecule has 8 heteroatoms. The summed E-state index contributed by atoms with van der Waals surface area (Å²) in [5.74, 6) is 0. The van der Waals surface area contributed by atoms with E-state index in [0.29, 0.717) is 6.08 Å². The van der Waals surface area contributed by atoms with Crippen molar-refractivity contribution in [2.24, 2.45) is 5.73 Å². The van der Waals surface area contributed by atoms with Gasteiger partial charge >= 0.3 is 12.4 Å². The Morgan fingerprint density at radius 1 is 1.28 bits per heavy atom. The fourth-order valence-electron chi connectivity index (χ4n) is 1.66. The van der Waals surface area contributed by atoms with Gasteiger partial charge in [-0.1, -0.05) is 0 Å². The van der Waals surface area contributed by atoms with Crippen molar-refractivity contribution in [1.82, 2.24) is 4.90 Å². The molecule has 0 aromatic rings. The Morgan fingerprint density at radius 3 is 2.22 bits per heavy atom. The van der Waals surface area contributed by atoms with Gasteiger partial charge in [0, 0.05) is 12.2 Å². The maximum Gasteiger partial charge on any atom is 0.416 e. The average Bonchev–Trinajstić information content (AvgIpc) is 2.12. The van der Waals surface area contributed by atoms with Gasteiger partial charge in [0.05, 0.1) is 18.2 Å². The van der Waals surface area contributed by atoms with Gasteiger partial charge in [-0.25, -0.2) is 0 Å². The lowest BCUT2D eigenvalue weighted by Gasteiger charge is -2.35. The molecule has 1 heterocycles. The molecule has 0 aromatic carbocycles. The van der Waals surface area contributed by atoms with Crippen LogP contribution >= 0.6 is 0 Å². The van der Waals surface area contributed by atoms with Crippen LogP contribution in [0.15, 0.2) is 23.9 Å². The van der Waals surface area contributed by atoms with Crippen molar-refractivity contribution >= 4 is 0 Å². The van der Waals surface area contributed by atoms with Crippen LogP contribution in [0, 0.1) is 0 Å². The standard InChI is InChI=1S/C10H12F6N2/c1-6(5-9(11,12)13)18-3-2-7(4-8(18)17)10(14,15)16/h2-4,6,8H,5,17H2,1H3. The molecule has 0 aromatic heterocycles. The Labute approximate surface area is 99.7 Å². The largest absolute Gasteiger partial charge is 0.416 e. The second-order valence-corrected chi connectivity index (χ2v) is 4.04. The zero-order valence-electron chi connectivity index (χ0n) is 9.39. The number of nitrogens with zero attached hydrogens (tertiary/aromatic N) is 1. The van der Waals surface area contributed by atoms with Gasteiger partial charge in [-0.3, -0.25) is 0 Å². The van der Waals surface area contributed by atoms with E-state index < -0.39 is 36.6 Å². The molecule has 0 saturated carbocycles. The molecule has 0 amide bonds. The van der Waals surface area contributed by atoms with Gasteiger partial charge in [-0.2, -0.15) is 26.3 Å². The van der Waals surface area contributed by atoms with Crippen LogP contribution in [0.1, 0.15) is 13.3 Å². The summed E-state index contributed by atoms with van der Waals surface area (Å²) in [6.45, 7) is 1.25. The topological polar surface area (TPSA) is 29.3 Å². The first-order chi connectivity index (χ1) is 8.00. The summed E-state index contributed by atoms with van der Waals surface area (Å²) in [7, 11) is 0. The third-order valence-electron chi connectivity index (χ3n) is 2.48. The van der Waals surface area contributed by atoms with Crippen LogP contribution in [-0.2, 0) is 0 Å². The number of allylic oxidation sites excluding steroid dienone is 2. The molecule has 1 rings (SSSR count).